The molecular formula is C24H30N4O2. The number of amides is 1. The highest BCUT2D eigenvalue weighted by Crippen LogP contribution is 2.20. The van der Waals surface area contributed by atoms with Crippen LogP contribution in [0.3, 0.4) is 0 Å². The van der Waals surface area contributed by atoms with Gasteiger partial charge in [0.15, 0.2) is 0 Å². The first-order valence-electron chi connectivity index (χ1n) is 10.6. The second-order valence-corrected chi connectivity index (χ2v) is 8.67. The number of hydrogen-bond donors (Lipinski definition) is 0. The van der Waals surface area contributed by atoms with Crippen molar-refractivity contribution in [3.05, 3.63) is 64.2 Å². The fraction of sp³-hybridized carbons (Fsp3) is 0.417. The van der Waals surface area contributed by atoms with Crippen molar-refractivity contribution in [1.29, 1.82) is 0 Å². The monoisotopic (exact) mass is 406 g/mol. The smallest absolute Gasteiger partial charge is 0.270 e. The van der Waals surface area contributed by atoms with E-state index in [-0.39, 0.29) is 11.5 Å². The normalized spacial score (nSPS) is 14.7. The van der Waals surface area contributed by atoms with E-state index in [1.54, 1.807) is 10.6 Å². The Balaban J connectivity index is 1.53. The van der Waals surface area contributed by atoms with E-state index in [2.05, 4.69) is 49.9 Å². The van der Waals surface area contributed by atoms with Gasteiger partial charge in [0.1, 0.15) is 5.69 Å². The van der Waals surface area contributed by atoms with Crippen LogP contribution in [-0.2, 0) is 13.6 Å². The number of pyridine rings is 1. The number of fused-ring (bicyclic) bond motifs is 1. The number of hydrogen-bond acceptors (Lipinski definition) is 3. The van der Waals surface area contributed by atoms with E-state index >= 15 is 0 Å². The first-order chi connectivity index (χ1) is 14.3. The van der Waals surface area contributed by atoms with E-state index in [4.69, 9.17) is 0 Å². The van der Waals surface area contributed by atoms with Crippen molar-refractivity contribution in [2.45, 2.75) is 27.3 Å². The summed E-state index contributed by atoms with van der Waals surface area (Å²) < 4.78 is 3.59. The van der Waals surface area contributed by atoms with E-state index in [1.165, 1.54) is 11.3 Å². The Labute approximate surface area is 177 Å². The average molecular weight is 407 g/mol. The Hall–Kier alpha value is -3.02. The summed E-state index contributed by atoms with van der Waals surface area (Å²) in [5, 5.41) is 0.613. The highest BCUT2D eigenvalue weighted by atomic mass is 16.2. The Morgan fingerprint density at radius 2 is 1.70 bits per heavy atom. The van der Waals surface area contributed by atoms with Crippen molar-refractivity contribution in [1.82, 2.24) is 14.0 Å². The van der Waals surface area contributed by atoms with Gasteiger partial charge >= 0.3 is 0 Å². The zero-order valence-electron chi connectivity index (χ0n) is 18.3. The molecule has 1 fully saturated rings. The lowest BCUT2D eigenvalue weighted by Gasteiger charge is -2.36. The van der Waals surface area contributed by atoms with E-state index in [9.17, 15) is 9.59 Å². The molecule has 0 N–H and O–H groups in total. The summed E-state index contributed by atoms with van der Waals surface area (Å²) in [5.74, 6) is 0.377. The van der Waals surface area contributed by atoms with E-state index < -0.39 is 0 Å². The minimum absolute atomic E-state index is 0.00735. The van der Waals surface area contributed by atoms with Gasteiger partial charge in [-0.25, -0.2) is 0 Å². The minimum atomic E-state index is -0.0277. The molecule has 1 aliphatic rings. The molecule has 2 aromatic heterocycles. The van der Waals surface area contributed by atoms with Crippen LogP contribution in [-0.4, -0.2) is 46.1 Å². The van der Waals surface area contributed by atoms with Gasteiger partial charge in [0, 0.05) is 51.7 Å². The highest BCUT2D eigenvalue weighted by molar-refractivity contribution is 5.98. The molecule has 6 heteroatoms. The zero-order chi connectivity index (χ0) is 21.4. The molecule has 1 saturated heterocycles. The molecule has 3 heterocycles. The van der Waals surface area contributed by atoms with Crippen LogP contribution >= 0.6 is 0 Å². The first kappa shape index (κ1) is 20.3. The number of piperazine rings is 1. The Kier molecular flexibility index (Phi) is 5.41. The summed E-state index contributed by atoms with van der Waals surface area (Å²) in [6.45, 7) is 9.90. The van der Waals surface area contributed by atoms with Crippen molar-refractivity contribution in [2.75, 3.05) is 31.1 Å². The molecule has 3 aromatic rings. The van der Waals surface area contributed by atoms with Gasteiger partial charge in [-0.05, 0) is 37.1 Å². The summed E-state index contributed by atoms with van der Waals surface area (Å²) in [7, 11) is 1.87. The third kappa shape index (κ3) is 3.74. The summed E-state index contributed by atoms with van der Waals surface area (Å²) in [6, 6.07) is 12.2. The molecule has 4 rings (SSSR count). The molecule has 0 saturated carbocycles. The number of carbonyl (C=O) groups is 1. The number of benzene rings is 1. The standard InChI is InChI=1S/C24H30N4O2/c1-17(2)16-28-10-9-21-20(23(28)29)15-22(25(21)4)24(30)27-13-11-26(12-14-27)19-7-5-18(3)6-8-19/h5-10,15,17H,11-14,16H2,1-4H3. The third-order valence-electron chi connectivity index (χ3n) is 5.93. The number of anilines is 1. The predicted molar refractivity (Wildman–Crippen MR) is 121 cm³/mol. The molecule has 0 bridgehead atoms. The lowest BCUT2D eigenvalue weighted by atomic mass is 10.2. The number of carbonyl (C=O) groups excluding carboxylic acids is 1. The molecule has 0 radical (unpaired) electrons. The van der Waals surface area contributed by atoms with Gasteiger partial charge in [-0.1, -0.05) is 31.5 Å². The molecule has 0 aliphatic carbocycles. The van der Waals surface area contributed by atoms with E-state index in [1.807, 2.05) is 28.8 Å². The van der Waals surface area contributed by atoms with Crippen LogP contribution < -0.4 is 10.5 Å². The molecule has 1 aromatic carbocycles. The van der Waals surface area contributed by atoms with Gasteiger partial charge in [-0.15, -0.1) is 0 Å². The fourth-order valence-corrected chi connectivity index (χ4v) is 4.20. The second-order valence-electron chi connectivity index (χ2n) is 8.67. The summed E-state index contributed by atoms with van der Waals surface area (Å²) in [5.41, 5.74) is 3.80. The topological polar surface area (TPSA) is 50.5 Å². The quantitative estimate of drug-likeness (QED) is 0.668. The number of aromatic nitrogens is 2. The van der Waals surface area contributed by atoms with Crippen LogP contribution in [0.1, 0.15) is 29.9 Å². The van der Waals surface area contributed by atoms with Crippen LogP contribution in [0, 0.1) is 12.8 Å². The maximum atomic E-state index is 13.2. The average Bonchev–Trinajstić information content (AvgIpc) is 3.07. The molecule has 1 amide bonds. The lowest BCUT2D eigenvalue weighted by Crippen LogP contribution is -2.49. The molecule has 158 valence electrons. The Morgan fingerprint density at radius 1 is 1.03 bits per heavy atom. The van der Waals surface area contributed by atoms with Gasteiger partial charge in [-0.2, -0.15) is 0 Å². The van der Waals surface area contributed by atoms with Crippen molar-refractivity contribution in [3.63, 3.8) is 0 Å². The second kappa shape index (κ2) is 8.01. The van der Waals surface area contributed by atoms with Gasteiger partial charge in [0.05, 0.1) is 10.9 Å². The zero-order valence-corrected chi connectivity index (χ0v) is 18.3. The van der Waals surface area contributed by atoms with Crippen LogP contribution in [0.15, 0.2) is 47.4 Å². The molecule has 0 atom stereocenters. The number of aryl methyl sites for hydroxylation is 2. The molecule has 6 nitrogen and oxygen atoms in total. The first-order valence-corrected chi connectivity index (χ1v) is 10.6. The maximum absolute atomic E-state index is 13.2. The molecule has 1 aliphatic heterocycles. The van der Waals surface area contributed by atoms with Crippen LogP contribution in [0.2, 0.25) is 0 Å². The predicted octanol–water partition coefficient (Wildman–Crippen LogP) is 3.27. The Bertz CT molecular complexity index is 1120. The van der Waals surface area contributed by atoms with Gasteiger partial charge < -0.3 is 18.9 Å². The van der Waals surface area contributed by atoms with Gasteiger partial charge in [-0.3, -0.25) is 9.59 Å². The number of nitrogens with zero attached hydrogens (tertiary/aromatic N) is 4. The van der Waals surface area contributed by atoms with Crippen molar-refractivity contribution in [2.24, 2.45) is 13.0 Å². The van der Waals surface area contributed by atoms with Gasteiger partial charge in [0.25, 0.3) is 11.5 Å². The van der Waals surface area contributed by atoms with E-state index in [0.717, 1.165) is 18.6 Å². The maximum Gasteiger partial charge on any atom is 0.270 e. The lowest BCUT2D eigenvalue weighted by molar-refractivity contribution is 0.0737. The van der Waals surface area contributed by atoms with Crippen LogP contribution in [0.4, 0.5) is 5.69 Å². The fourth-order valence-electron chi connectivity index (χ4n) is 4.20. The largest absolute Gasteiger partial charge is 0.368 e. The van der Waals surface area contributed by atoms with E-state index in [0.29, 0.717) is 36.6 Å². The van der Waals surface area contributed by atoms with Crippen molar-refractivity contribution >= 4 is 22.5 Å². The number of rotatable bonds is 4. The van der Waals surface area contributed by atoms with Crippen molar-refractivity contribution < 1.29 is 4.79 Å². The SMILES string of the molecule is Cc1ccc(N2CCN(C(=O)c3cc4c(=O)n(CC(C)C)ccc4n3C)CC2)cc1. The van der Waals surface area contributed by atoms with Crippen LogP contribution in [0.25, 0.3) is 10.9 Å². The third-order valence-corrected chi connectivity index (χ3v) is 5.93. The molecule has 0 unspecified atom stereocenters. The Morgan fingerprint density at radius 3 is 2.33 bits per heavy atom. The molecule has 30 heavy (non-hydrogen) atoms. The molecule has 0 spiro atoms. The molecular weight excluding hydrogens is 376 g/mol. The summed E-state index contributed by atoms with van der Waals surface area (Å²) >= 11 is 0. The highest BCUT2D eigenvalue weighted by Gasteiger charge is 2.25. The minimum Gasteiger partial charge on any atom is -0.368 e. The van der Waals surface area contributed by atoms with Gasteiger partial charge in [0.2, 0.25) is 0 Å². The summed E-state index contributed by atoms with van der Waals surface area (Å²) in [4.78, 5) is 30.3. The van der Waals surface area contributed by atoms with Crippen molar-refractivity contribution in [3.8, 4) is 0 Å². The summed E-state index contributed by atoms with van der Waals surface area (Å²) in [6.07, 6.45) is 1.83. The van der Waals surface area contributed by atoms with Crippen LogP contribution in [0.5, 0.6) is 0 Å².